The molecule has 0 unspecified atom stereocenters. The molecule has 0 saturated heterocycles. The molecule has 4 heteroatoms. The molecule has 0 atom stereocenters. The van der Waals surface area contributed by atoms with Crippen LogP contribution in [0.25, 0.3) is 0 Å². The second-order valence-electron chi connectivity index (χ2n) is 3.95. The molecule has 0 spiro atoms. The molecule has 0 aromatic heterocycles. The van der Waals surface area contributed by atoms with E-state index in [1.54, 1.807) is 36.4 Å². The van der Waals surface area contributed by atoms with E-state index in [-0.39, 0.29) is 17.9 Å². The van der Waals surface area contributed by atoms with Crippen LogP contribution in [0, 0.1) is 0 Å². The van der Waals surface area contributed by atoms with E-state index in [9.17, 15) is 9.59 Å². The van der Waals surface area contributed by atoms with E-state index in [1.165, 1.54) is 12.1 Å². The molecule has 0 radical (unpaired) electrons. The summed E-state index contributed by atoms with van der Waals surface area (Å²) in [7, 11) is 0. The fourth-order valence-corrected chi connectivity index (χ4v) is 1.60. The van der Waals surface area contributed by atoms with Crippen molar-refractivity contribution >= 4 is 12.3 Å². The molecule has 1 N–H and O–H groups in total. The van der Waals surface area contributed by atoms with Crippen molar-refractivity contribution in [2.45, 2.75) is 6.61 Å². The third-order valence-corrected chi connectivity index (χ3v) is 2.61. The summed E-state index contributed by atoms with van der Waals surface area (Å²) in [5.41, 5.74) is 1.31. The molecule has 2 rings (SSSR count). The Kier molecular flexibility index (Phi) is 3.93. The summed E-state index contributed by atoms with van der Waals surface area (Å²) >= 11 is 0. The highest BCUT2D eigenvalue weighted by molar-refractivity contribution is 5.98. The third-order valence-electron chi connectivity index (χ3n) is 2.61. The Morgan fingerprint density at radius 2 is 1.79 bits per heavy atom. The molecule has 0 heterocycles. The Hall–Kier alpha value is -2.62. The number of carbonyl (C=O) groups excluding carboxylic acids is 2. The summed E-state index contributed by atoms with van der Waals surface area (Å²) in [5, 5.41) is 9.13. The van der Waals surface area contributed by atoms with Crippen molar-refractivity contribution < 1.29 is 19.4 Å². The first-order valence-corrected chi connectivity index (χ1v) is 5.70. The molecule has 2 aromatic rings. The molecular weight excluding hydrogens is 244 g/mol. The van der Waals surface area contributed by atoms with E-state index in [0.29, 0.717) is 11.8 Å². The molecule has 96 valence electrons. The average Bonchev–Trinajstić information content (AvgIpc) is 2.46. The van der Waals surface area contributed by atoms with Crippen LogP contribution in [0.15, 0.2) is 48.5 Å². The average molecular weight is 256 g/mol. The van der Waals surface area contributed by atoms with Crippen LogP contribution in [0.3, 0.4) is 0 Å². The van der Waals surface area contributed by atoms with Gasteiger partial charge < -0.3 is 9.84 Å². The fourth-order valence-electron chi connectivity index (χ4n) is 1.60. The molecule has 2 aromatic carbocycles. The van der Waals surface area contributed by atoms with Gasteiger partial charge in [0.15, 0.2) is 6.29 Å². The molecule has 0 aliphatic rings. The van der Waals surface area contributed by atoms with Crippen LogP contribution in [0.2, 0.25) is 0 Å². The molecule has 0 aliphatic carbocycles. The molecule has 0 amide bonds. The van der Waals surface area contributed by atoms with Crippen molar-refractivity contribution in [2.75, 3.05) is 0 Å². The lowest BCUT2D eigenvalue weighted by molar-refractivity contribution is 0.0471. The maximum Gasteiger partial charge on any atom is 0.339 e. The van der Waals surface area contributed by atoms with E-state index >= 15 is 0 Å². The first-order chi connectivity index (χ1) is 9.20. The van der Waals surface area contributed by atoms with Gasteiger partial charge in [0.25, 0.3) is 0 Å². The minimum absolute atomic E-state index is 0.0896. The number of aldehydes is 1. The Morgan fingerprint density at radius 3 is 2.47 bits per heavy atom. The van der Waals surface area contributed by atoms with Crippen molar-refractivity contribution in [3.63, 3.8) is 0 Å². The van der Waals surface area contributed by atoms with Crippen LogP contribution in [-0.4, -0.2) is 17.4 Å². The summed E-state index contributed by atoms with van der Waals surface area (Å²) in [4.78, 5) is 22.6. The molecule has 0 bridgehead atoms. The lowest BCUT2D eigenvalue weighted by Crippen LogP contribution is -2.08. The maximum atomic E-state index is 11.8. The third kappa shape index (κ3) is 3.19. The van der Waals surface area contributed by atoms with Crippen molar-refractivity contribution in [3.8, 4) is 5.75 Å². The number of hydrogen-bond donors (Lipinski definition) is 1. The van der Waals surface area contributed by atoms with Gasteiger partial charge in [-0.1, -0.05) is 30.3 Å². The number of carbonyl (C=O) groups is 2. The van der Waals surface area contributed by atoms with Gasteiger partial charge in [0.05, 0.1) is 5.56 Å². The Bertz CT molecular complexity index is 587. The second-order valence-corrected chi connectivity index (χ2v) is 3.95. The lowest BCUT2D eigenvalue weighted by atomic mass is 10.1. The zero-order chi connectivity index (χ0) is 13.7. The number of phenolic OH excluding ortho intramolecular Hbond substituents is 1. The van der Waals surface area contributed by atoms with Gasteiger partial charge in [-0.2, -0.15) is 0 Å². The van der Waals surface area contributed by atoms with Crippen LogP contribution in [0.1, 0.15) is 26.3 Å². The van der Waals surface area contributed by atoms with Crippen LogP contribution in [0.4, 0.5) is 0 Å². The van der Waals surface area contributed by atoms with Crippen molar-refractivity contribution in [3.05, 3.63) is 65.2 Å². The van der Waals surface area contributed by atoms with Crippen molar-refractivity contribution in [1.29, 1.82) is 0 Å². The minimum Gasteiger partial charge on any atom is -0.508 e. The van der Waals surface area contributed by atoms with E-state index in [0.717, 1.165) is 5.56 Å². The minimum atomic E-state index is -0.546. The Labute approximate surface area is 110 Å². The topological polar surface area (TPSA) is 63.6 Å². The molecule has 0 aliphatic heterocycles. The number of aromatic hydroxyl groups is 1. The highest BCUT2D eigenvalue weighted by atomic mass is 16.5. The summed E-state index contributed by atoms with van der Waals surface area (Å²) in [5.74, 6) is -0.392. The number of hydrogen-bond acceptors (Lipinski definition) is 4. The lowest BCUT2D eigenvalue weighted by Gasteiger charge is -2.06. The quantitative estimate of drug-likeness (QED) is 0.674. The van der Waals surface area contributed by atoms with Crippen LogP contribution in [0.5, 0.6) is 5.75 Å². The molecule has 0 fully saturated rings. The number of esters is 1. The maximum absolute atomic E-state index is 11.8. The van der Waals surface area contributed by atoms with Gasteiger partial charge in [0, 0.05) is 5.56 Å². The molecule has 4 nitrogen and oxygen atoms in total. The van der Waals surface area contributed by atoms with E-state index in [4.69, 9.17) is 9.84 Å². The van der Waals surface area contributed by atoms with Crippen LogP contribution >= 0.6 is 0 Å². The number of benzene rings is 2. The summed E-state index contributed by atoms with van der Waals surface area (Å²) in [6.07, 6.45) is 0.622. The summed E-state index contributed by atoms with van der Waals surface area (Å²) in [6, 6.07) is 12.8. The summed E-state index contributed by atoms with van der Waals surface area (Å²) in [6.45, 7) is 0.0896. The molecular formula is C15H12O4. The van der Waals surface area contributed by atoms with Gasteiger partial charge in [-0.15, -0.1) is 0 Å². The van der Waals surface area contributed by atoms with Gasteiger partial charge in [-0.25, -0.2) is 4.79 Å². The predicted molar refractivity (Wildman–Crippen MR) is 69.1 cm³/mol. The highest BCUT2D eigenvalue weighted by Gasteiger charge is 2.11. The Balaban J connectivity index is 2.05. The van der Waals surface area contributed by atoms with Gasteiger partial charge in [0.1, 0.15) is 12.4 Å². The van der Waals surface area contributed by atoms with Gasteiger partial charge in [-0.3, -0.25) is 4.79 Å². The zero-order valence-corrected chi connectivity index (χ0v) is 10.1. The Morgan fingerprint density at radius 1 is 1.11 bits per heavy atom. The number of phenols is 1. The summed E-state index contributed by atoms with van der Waals surface area (Å²) < 4.78 is 5.12. The van der Waals surface area contributed by atoms with Gasteiger partial charge >= 0.3 is 5.97 Å². The first-order valence-electron chi connectivity index (χ1n) is 5.70. The van der Waals surface area contributed by atoms with E-state index in [1.807, 2.05) is 0 Å². The zero-order valence-electron chi connectivity index (χ0n) is 10.1. The van der Waals surface area contributed by atoms with E-state index < -0.39 is 5.97 Å². The van der Waals surface area contributed by atoms with Crippen molar-refractivity contribution in [2.24, 2.45) is 0 Å². The van der Waals surface area contributed by atoms with Gasteiger partial charge in [-0.05, 0) is 23.8 Å². The largest absolute Gasteiger partial charge is 0.508 e. The van der Waals surface area contributed by atoms with Crippen LogP contribution < -0.4 is 0 Å². The number of rotatable bonds is 4. The first kappa shape index (κ1) is 12.8. The standard InChI is InChI=1S/C15H12O4/c16-9-12-3-1-2-4-14(12)15(18)19-10-11-5-7-13(17)8-6-11/h1-9,17H,10H2. The monoisotopic (exact) mass is 256 g/mol. The fraction of sp³-hybridized carbons (Fsp3) is 0.0667. The SMILES string of the molecule is O=Cc1ccccc1C(=O)OCc1ccc(O)cc1. The second kappa shape index (κ2) is 5.82. The van der Waals surface area contributed by atoms with E-state index in [2.05, 4.69) is 0 Å². The van der Waals surface area contributed by atoms with Gasteiger partial charge in [0.2, 0.25) is 0 Å². The highest BCUT2D eigenvalue weighted by Crippen LogP contribution is 2.13. The number of ether oxygens (including phenoxy) is 1. The smallest absolute Gasteiger partial charge is 0.339 e. The van der Waals surface area contributed by atoms with Crippen molar-refractivity contribution in [1.82, 2.24) is 0 Å². The molecule has 19 heavy (non-hydrogen) atoms. The molecule has 0 saturated carbocycles. The van der Waals surface area contributed by atoms with Crippen LogP contribution in [-0.2, 0) is 11.3 Å². The normalized spacial score (nSPS) is 9.89. The predicted octanol–water partition coefficient (Wildman–Crippen LogP) is 2.56.